The van der Waals surface area contributed by atoms with Gasteiger partial charge in [0.2, 0.25) is 0 Å². The van der Waals surface area contributed by atoms with Gasteiger partial charge >= 0.3 is 0 Å². The molecule has 1 spiro atoms. The summed E-state index contributed by atoms with van der Waals surface area (Å²) in [5.74, 6) is -0.0388. The molecule has 0 fully saturated rings. The van der Waals surface area contributed by atoms with Crippen molar-refractivity contribution in [2.45, 2.75) is 34.9 Å². The molecule has 7 heteroatoms. The molecular weight excluding hydrogens is 444 g/mol. The van der Waals surface area contributed by atoms with E-state index < -0.39 is 16.3 Å². The van der Waals surface area contributed by atoms with Gasteiger partial charge in [0.15, 0.2) is 11.5 Å². The van der Waals surface area contributed by atoms with Gasteiger partial charge in [0.25, 0.3) is 5.91 Å². The Balaban J connectivity index is 1.66. The Kier molecular flexibility index (Phi) is 5.54. The highest BCUT2D eigenvalue weighted by molar-refractivity contribution is 7.85. The third kappa shape index (κ3) is 3.51. The van der Waals surface area contributed by atoms with Gasteiger partial charge in [0.1, 0.15) is 0 Å². The van der Waals surface area contributed by atoms with E-state index in [0.717, 1.165) is 22.3 Å². The molecule has 0 bridgehead atoms. The number of rotatable bonds is 4. The second-order valence-electron chi connectivity index (χ2n) is 8.66. The second kappa shape index (κ2) is 8.54. The SMILES string of the molecule is CN1C(=O)C2(CC(c3ccccc3)S(=O)c3ccc(-c4cccc(CCC#N)c4)cc32)N=C1N. The van der Waals surface area contributed by atoms with Crippen LogP contribution in [-0.4, -0.2) is 28.0 Å². The van der Waals surface area contributed by atoms with Crippen LogP contribution in [0.3, 0.4) is 0 Å². The van der Waals surface area contributed by atoms with Crippen LogP contribution in [-0.2, 0) is 27.6 Å². The molecule has 0 aliphatic carbocycles. The average Bonchev–Trinajstić information content (AvgIpc) is 3.09. The number of guanidine groups is 1. The monoisotopic (exact) mass is 468 g/mol. The topological polar surface area (TPSA) is 99.5 Å². The number of aryl methyl sites for hydroxylation is 1. The summed E-state index contributed by atoms with van der Waals surface area (Å²) >= 11 is 0. The normalized spacial score (nSPS) is 23.5. The predicted octanol–water partition coefficient (Wildman–Crippen LogP) is 4.04. The molecule has 5 rings (SSSR count). The summed E-state index contributed by atoms with van der Waals surface area (Å²) in [7, 11) is 0.273. The number of nitriles is 1. The summed E-state index contributed by atoms with van der Waals surface area (Å²) in [5, 5.41) is 8.55. The zero-order chi connectivity index (χ0) is 23.9. The Hall–Kier alpha value is -3.76. The Morgan fingerprint density at radius 2 is 1.88 bits per heavy atom. The highest BCUT2D eigenvalue weighted by Gasteiger charge is 2.54. The summed E-state index contributed by atoms with van der Waals surface area (Å²) in [5.41, 5.74) is 9.41. The van der Waals surface area contributed by atoms with Gasteiger partial charge in [-0.1, -0.05) is 60.7 Å². The number of carbonyl (C=O) groups is 1. The van der Waals surface area contributed by atoms with Crippen molar-refractivity contribution in [3.05, 3.63) is 89.5 Å². The molecule has 0 radical (unpaired) electrons. The number of amides is 1. The van der Waals surface area contributed by atoms with E-state index in [0.29, 0.717) is 23.3 Å². The highest BCUT2D eigenvalue weighted by Crippen LogP contribution is 2.50. The first-order valence-electron chi connectivity index (χ1n) is 11.1. The molecule has 3 atom stereocenters. The fraction of sp³-hybridized carbons (Fsp3) is 0.222. The average molecular weight is 469 g/mol. The van der Waals surface area contributed by atoms with Gasteiger partial charge < -0.3 is 5.73 Å². The fourth-order valence-corrected chi connectivity index (χ4v) is 6.59. The van der Waals surface area contributed by atoms with Gasteiger partial charge in [-0.15, -0.1) is 0 Å². The van der Waals surface area contributed by atoms with Gasteiger partial charge in [-0.25, -0.2) is 4.99 Å². The van der Waals surface area contributed by atoms with Gasteiger partial charge in [-0.3, -0.25) is 13.9 Å². The van der Waals surface area contributed by atoms with E-state index in [1.54, 1.807) is 7.05 Å². The lowest BCUT2D eigenvalue weighted by atomic mass is 9.82. The minimum absolute atomic E-state index is 0.166. The van der Waals surface area contributed by atoms with Crippen LogP contribution in [0.2, 0.25) is 0 Å². The maximum absolute atomic E-state index is 13.7. The molecule has 2 aliphatic rings. The largest absolute Gasteiger partial charge is 0.369 e. The van der Waals surface area contributed by atoms with Crippen molar-refractivity contribution in [3.63, 3.8) is 0 Å². The second-order valence-corrected chi connectivity index (χ2v) is 10.3. The number of hydrogen-bond acceptors (Lipinski definition) is 5. The molecular formula is C27H24N4O2S. The third-order valence-corrected chi connectivity index (χ3v) is 8.39. The van der Waals surface area contributed by atoms with Crippen molar-refractivity contribution in [1.29, 1.82) is 5.26 Å². The molecule has 2 N–H and O–H groups in total. The van der Waals surface area contributed by atoms with Crippen molar-refractivity contribution in [2.75, 3.05) is 7.05 Å². The first kappa shape index (κ1) is 22.1. The maximum Gasteiger partial charge on any atom is 0.261 e. The smallest absolute Gasteiger partial charge is 0.261 e. The molecule has 3 aromatic carbocycles. The fourth-order valence-electron chi connectivity index (χ4n) is 4.84. The Labute approximate surface area is 201 Å². The number of fused-ring (bicyclic) bond motifs is 2. The standard InChI is InChI=1S/C27H24N4O2S/c1-31-25(32)27(30-26(31)29)17-24(19-9-3-2-4-10-19)34(33)23-13-12-21(16-22(23)27)20-11-5-7-18(15-20)8-6-14-28/h2-5,7,9-13,15-16,24H,6,8,17H2,1H3,(H2,29,30). The first-order valence-corrected chi connectivity index (χ1v) is 12.4. The van der Waals surface area contributed by atoms with E-state index in [1.807, 2.05) is 66.7 Å². The predicted molar refractivity (Wildman–Crippen MR) is 132 cm³/mol. The van der Waals surface area contributed by atoms with Crippen LogP contribution >= 0.6 is 0 Å². The van der Waals surface area contributed by atoms with Gasteiger partial charge in [0.05, 0.1) is 22.1 Å². The van der Waals surface area contributed by atoms with Crippen molar-refractivity contribution in [2.24, 2.45) is 10.7 Å². The summed E-state index contributed by atoms with van der Waals surface area (Å²) in [6.45, 7) is 0. The number of nitrogens with two attached hydrogens (primary N) is 1. The molecule has 2 heterocycles. The summed E-state index contributed by atoms with van der Waals surface area (Å²) in [6, 6.07) is 25.6. The van der Waals surface area contributed by atoms with E-state index in [4.69, 9.17) is 11.0 Å². The molecule has 1 amide bonds. The third-order valence-electron chi connectivity index (χ3n) is 6.65. The van der Waals surface area contributed by atoms with Crippen molar-refractivity contribution < 1.29 is 9.00 Å². The van der Waals surface area contributed by atoms with Gasteiger partial charge in [-0.05, 0) is 40.8 Å². The van der Waals surface area contributed by atoms with Crippen LogP contribution in [0.5, 0.6) is 0 Å². The minimum Gasteiger partial charge on any atom is -0.369 e. The molecule has 6 nitrogen and oxygen atoms in total. The molecule has 2 aliphatic heterocycles. The Morgan fingerprint density at radius 1 is 1.12 bits per heavy atom. The number of aliphatic imine (C=N–C) groups is 1. The Morgan fingerprint density at radius 3 is 2.59 bits per heavy atom. The van der Waals surface area contributed by atoms with Crippen molar-refractivity contribution in [3.8, 4) is 17.2 Å². The van der Waals surface area contributed by atoms with Crippen LogP contribution in [0, 0.1) is 11.3 Å². The maximum atomic E-state index is 13.7. The lowest BCUT2D eigenvalue weighted by Gasteiger charge is -2.36. The lowest BCUT2D eigenvalue weighted by Crippen LogP contribution is -2.44. The van der Waals surface area contributed by atoms with Gasteiger partial charge in [-0.2, -0.15) is 5.26 Å². The van der Waals surface area contributed by atoms with E-state index in [2.05, 4.69) is 17.1 Å². The zero-order valence-electron chi connectivity index (χ0n) is 18.8. The number of hydrogen-bond donors (Lipinski definition) is 1. The van der Waals surface area contributed by atoms with Crippen LogP contribution in [0.25, 0.3) is 11.1 Å². The molecule has 0 saturated heterocycles. The van der Waals surface area contributed by atoms with Crippen LogP contribution in [0.1, 0.15) is 34.8 Å². The van der Waals surface area contributed by atoms with Gasteiger partial charge in [0, 0.05) is 30.3 Å². The van der Waals surface area contributed by atoms with Crippen LogP contribution < -0.4 is 5.73 Å². The Bertz CT molecular complexity index is 1380. The van der Waals surface area contributed by atoms with Crippen LogP contribution in [0.15, 0.2) is 82.7 Å². The van der Waals surface area contributed by atoms with Crippen LogP contribution in [0.4, 0.5) is 0 Å². The molecule has 3 unspecified atom stereocenters. The first-order chi connectivity index (χ1) is 16.4. The molecule has 170 valence electrons. The number of likely N-dealkylation sites (N-methyl/N-ethyl adjacent to an activating group) is 1. The summed E-state index contributed by atoms with van der Waals surface area (Å²) in [6.07, 6.45) is 1.41. The zero-order valence-corrected chi connectivity index (χ0v) is 19.6. The minimum atomic E-state index is -1.35. The van der Waals surface area contributed by atoms with E-state index in [-0.39, 0.29) is 23.5 Å². The molecule has 0 aromatic heterocycles. The number of nitrogens with zero attached hydrogens (tertiary/aromatic N) is 3. The number of carbonyl (C=O) groups excluding carboxylic acids is 1. The quantitative estimate of drug-likeness (QED) is 0.624. The van der Waals surface area contributed by atoms with E-state index >= 15 is 0 Å². The molecule has 0 saturated carbocycles. The van der Waals surface area contributed by atoms with Crippen molar-refractivity contribution >= 4 is 22.7 Å². The molecule has 34 heavy (non-hydrogen) atoms. The highest BCUT2D eigenvalue weighted by atomic mass is 32.2. The van der Waals surface area contributed by atoms with E-state index in [1.165, 1.54) is 4.90 Å². The summed E-state index contributed by atoms with van der Waals surface area (Å²) in [4.78, 5) is 20.2. The van der Waals surface area contributed by atoms with E-state index in [9.17, 15) is 9.00 Å². The summed E-state index contributed by atoms with van der Waals surface area (Å²) < 4.78 is 13.7. The number of benzene rings is 3. The van der Waals surface area contributed by atoms with Crippen molar-refractivity contribution in [1.82, 2.24) is 4.90 Å². The lowest BCUT2D eigenvalue weighted by molar-refractivity contribution is -0.131. The molecule has 3 aromatic rings.